The van der Waals surface area contributed by atoms with Gasteiger partial charge in [0.05, 0.1) is 0 Å². The van der Waals surface area contributed by atoms with Crippen LogP contribution in [0, 0.1) is 6.92 Å². The van der Waals surface area contributed by atoms with E-state index in [2.05, 4.69) is 21.1 Å². The van der Waals surface area contributed by atoms with E-state index in [1.165, 1.54) is 0 Å². The lowest BCUT2D eigenvalue weighted by Gasteiger charge is -2.01. The summed E-state index contributed by atoms with van der Waals surface area (Å²) in [5, 5.41) is 6.82. The second-order valence-electron chi connectivity index (χ2n) is 4.78. The van der Waals surface area contributed by atoms with Gasteiger partial charge in [-0.05, 0) is 24.4 Å². The van der Waals surface area contributed by atoms with Gasteiger partial charge in [0, 0.05) is 29.0 Å². The highest BCUT2D eigenvalue weighted by Gasteiger charge is 2.10. The fourth-order valence-electron chi connectivity index (χ4n) is 2.44. The maximum absolute atomic E-state index is 4.61. The first kappa shape index (κ1) is 11.1. The first-order valence-electron chi connectivity index (χ1n) is 6.48. The fraction of sp³-hybridized carbons (Fsp3) is 0.0625. The predicted molar refractivity (Wildman–Crippen MR) is 78.5 cm³/mol. The largest absolute Gasteiger partial charge is 0.263 e. The van der Waals surface area contributed by atoms with Crippen LogP contribution in [0.2, 0.25) is 0 Å². The predicted octanol–water partition coefficient (Wildman–Crippen LogP) is 3.25. The molecule has 4 aromatic rings. The van der Waals surface area contributed by atoms with Crippen molar-refractivity contribution in [1.29, 1.82) is 0 Å². The van der Waals surface area contributed by atoms with Crippen LogP contribution < -0.4 is 0 Å². The third-order valence-corrected chi connectivity index (χ3v) is 3.46. The summed E-state index contributed by atoms with van der Waals surface area (Å²) in [4.78, 5) is 8.90. The molecule has 0 unspecified atom stereocenters. The Morgan fingerprint density at radius 3 is 2.75 bits per heavy atom. The van der Waals surface area contributed by atoms with Crippen molar-refractivity contribution in [3.63, 3.8) is 0 Å². The summed E-state index contributed by atoms with van der Waals surface area (Å²) in [5.41, 5.74) is 2.88. The van der Waals surface area contributed by atoms with Crippen molar-refractivity contribution in [2.45, 2.75) is 6.92 Å². The van der Waals surface area contributed by atoms with Crippen LogP contribution in [0.3, 0.4) is 0 Å². The number of rotatable bonds is 1. The molecule has 4 rings (SSSR count). The number of benzene rings is 1. The van der Waals surface area contributed by atoms with Crippen molar-refractivity contribution < 1.29 is 0 Å². The van der Waals surface area contributed by atoms with E-state index in [1.807, 2.05) is 60.2 Å². The van der Waals surface area contributed by atoms with Gasteiger partial charge >= 0.3 is 0 Å². The van der Waals surface area contributed by atoms with Gasteiger partial charge in [0.15, 0.2) is 11.5 Å². The number of pyridine rings is 2. The van der Waals surface area contributed by atoms with Gasteiger partial charge in [-0.1, -0.05) is 30.3 Å². The van der Waals surface area contributed by atoms with Crippen LogP contribution in [-0.2, 0) is 0 Å². The van der Waals surface area contributed by atoms with Gasteiger partial charge in [0.2, 0.25) is 0 Å². The third-order valence-electron chi connectivity index (χ3n) is 3.46. The lowest BCUT2D eigenvalue weighted by atomic mass is 10.1. The third kappa shape index (κ3) is 1.58. The Balaban J connectivity index is 2.04. The maximum Gasteiger partial charge on any atom is 0.184 e. The standard InChI is InChI=1S/C16H12N4/c1-11-5-4-8-15-18-16(19-20(11)15)14-10-17-9-12-6-2-3-7-13(12)14/h2-10H,1H3. The number of hydrogen-bond acceptors (Lipinski definition) is 3. The summed E-state index contributed by atoms with van der Waals surface area (Å²) in [6.07, 6.45) is 3.69. The van der Waals surface area contributed by atoms with E-state index in [1.54, 1.807) is 0 Å². The van der Waals surface area contributed by atoms with E-state index in [4.69, 9.17) is 0 Å². The minimum atomic E-state index is 0.712. The molecular weight excluding hydrogens is 248 g/mol. The van der Waals surface area contributed by atoms with Gasteiger partial charge in [0.1, 0.15) is 0 Å². The molecule has 3 heterocycles. The molecule has 0 saturated heterocycles. The molecule has 0 aliphatic carbocycles. The molecule has 20 heavy (non-hydrogen) atoms. The van der Waals surface area contributed by atoms with Crippen LogP contribution >= 0.6 is 0 Å². The van der Waals surface area contributed by atoms with Crippen LogP contribution in [0.15, 0.2) is 54.9 Å². The minimum absolute atomic E-state index is 0.712. The fourth-order valence-corrected chi connectivity index (χ4v) is 2.44. The summed E-state index contributed by atoms with van der Waals surface area (Å²) in [6.45, 7) is 2.02. The van der Waals surface area contributed by atoms with Crippen molar-refractivity contribution in [2.75, 3.05) is 0 Å². The first-order chi connectivity index (χ1) is 9.83. The van der Waals surface area contributed by atoms with Gasteiger partial charge in [-0.2, -0.15) is 0 Å². The number of fused-ring (bicyclic) bond motifs is 2. The summed E-state index contributed by atoms with van der Waals surface area (Å²) in [7, 11) is 0. The van der Waals surface area contributed by atoms with E-state index in [0.29, 0.717) is 5.82 Å². The van der Waals surface area contributed by atoms with Crippen molar-refractivity contribution in [2.24, 2.45) is 0 Å². The molecule has 0 fully saturated rings. The number of nitrogens with zero attached hydrogens (tertiary/aromatic N) is 4. The second-order valence-corrected chi connectivity index (χ2v) is 4.78. The van der Waals surface area contributed by atoms with E-state index < -0.39 is 0 Å². The number of aromatic nitrogens is 4. The Hall–Kier alpha value is -2.75. The van der Waals surface area contributed by atoms with Crippen LogP contribution in [0.5, 0.6) is 0 Å². The van der Waals surface area contributed by atoms with Gasteiger partial charge in [0.25, 0.3) is 0 Å². The van der Waals surface area contributed by atoms with Crippen LogP contribution in [0.4, 0.5) is 0 Å². The maximum atomic E-state index is 4.61. The normalized spacial score (nSPS) is 11.2. The van der Waals surface area contributed by atoms with E-state index >= 15 is 0 Å². The van der Waals surface area contributed by atoms with Crippen molar-refractivity contribution in [1.82, 2.24) is 19.6 Å². The monoisotopic (exact) mass is 260 g/mol. The molecule has 0 atom stereocenters. The van der Waals surface area contributed by atoms with Gasteiger partial charge in [-0.3, -0.25) is 4.98 Å². The lowest BCUT2D eigenvalue weighted by Crippen LogP contribution is -1.92. The van der Waals surface area contributed by atoms with Crippen molar-refractivity contribution in [3.8, 4) is 11.4 Å². The quantitative estimate of drug-likeness (QED) is 0.527. The zero-order valence-corrected chi connectivity index (χ0v) is 11.0. The average molecular weight is 260 g/mol. The second kappa shape index (κ2) is 4.13. The van der Waals surface area contributed by atoms with Gasteiger partial charge < -0.3 is 0 Å². The molecule has 96 valence electrons. The Kier molecular flexibility index (Phi) is 2.29. The molecule has 0 bridgehead atoms. The Morgan fingerprint density at radius 1 is 0.950 bits per heavy atom. The molecule has 3 aromatic heterocycles. The van der Waals surface area contributed by atoms with Crippen LogP contribution in [-0.4, -0.2) is 19.6 Å². The SMILES string of the molecule is Cc1cccc2nc(-c3cncc4ccccc34)nn12. The zero-order valence-electron chi connectivity index (χ0n) is 11.0. The zero-order chi connectivity index (χ0) is 13.5. The van der Waals surface area contributed by atoms with E-state index in [-0.39, 0.29) is 0 Å². The van der Waals surface area contributed by atoms with Crippen molar-refractivity contribution in [3.05, 3.63) is 60.6 Å². The lowest BCUT2D eigenvalue weighted by molar-refractivity contribution is 0.918. The minimum Gasteiger partial charge on any atom is -0.263 e. The van der Waals surface area contributed by atoms with Crippen molar-refractivity contribution >= 4 is 16.4 Å². The molecule has 0 spiro atoms. The smallest absolute Gasteiger partial charge is 0.184 e. The first-order valence-corrected chi connectivity index (χ1v) is 6.48. The highest BCUT2D eigenvalue weighted by atomic mass is 15.3. The molecule has 0 radical (unpaired) electrons. The molecule has 4 heteroatoms. The molecule has 4 nitrogen and oxygen atoms in total. The van der Waals surface area contributed by atoms with Gasteiger partial charge in [-0.15, -0.1) is 5.10 Å². The number of aryl methyl sites for hydroxylation is 1. The topological polar surface area (TPSA) is 43.1 Å². The molecule has 0 aliphatic heterocycles. The molecule has 0 aliphatic rings. The van der Waals surface area contributed by atoms with Crippen LogP contribution in [0.25, 0.3) is 27.8 Å². The molecule has 0 saturated carbocycles. The highest BCUT2D eigenvalue weighted by Crippen LogP contribution is 2.25. The van der Waals surface area contributed by atoms with Crippen LogP contribution in [0.1, 0.15) is 5.69 Å². The summed E-state index contributed by atoms with van der Waals surface area (Å²) >= 11 is 0. The molecule has 0 amide bonds. The highest BCUT2D eigenvalue weighted by molar-refractivity contribution is 5.94. The summed E-state index contributed by atoms with van der Waals surface area (Å²) < 4.78 is 1.86. The van der Waals surface area contributed by atoms with E-state index in [0.717, 1.165) is 27.7 Å². The number of hydrogen-bond donors (Lipinski definition) is 0. The average Bonchev–Trinajstić information content (AvgIpc) is 2.92. The molecule has 0 N–H and O–H groups in total. The molecule has 1 aromatic carbocycles. The molecular formula is C16H12N4. The Morgan fingerprint density at radius 2 is 1.85 bits per heavy atom. The summed E-state index contributed by atoms with van der Waals surface area (Å²) in [6, 6.07) is 14.1. The summed E-state index contributed by atoms with van der Waals surface area (Å²) in [5.74, 6) is 0.712. The van der Waals surface area contributed by atoms with Gasteiger partial charge in [-0.25, -0.2) is 9.50 Å². The Bertz CT molecular complexity index is 919. The van der Waals surface area contributed by atoms with E-state index in [9.17, 15) is 0 Å². The Labute approximate surface area is 115 Å².